The number of rotatable bonds is 6. The van der Waals surface area contributed by atoms with Gasteiger partial charge in [0, 0.05) is 36.5 Å². The lowest BCUT2D eigenvalue weighted by atomic mass is 9.86. The Bertz CT molecular complexity index is 971. The molecule has 0 bridgehead atoms. The summed E-state index contributed by atoms with van der Waals surface area (Å²) >= 11 is 7.24. The standard InChI is InChI=1S/C17H20ClF3N4O2S2/c1-25(2)14-9-17(20,21)4-3-12(14)23-13-8-11(19)15(7-10(13)18)29(26,27)24-16-22-5-6-28-16/h5-8,12,14,23H,3-4,9H2,1-2H3,(H,22,24)/t12-,14-/m1/s1. The van der Waals surface area contributed by atoms with Gasteiger partial charge in [-0.15, -0.1) is 11.3 Å². The fraction of sp³-hybridized carbons (Fsp3) is 0.471. The van der Waals surface area contributed by atoms with Gasteiger partial charge in [-0.05, 0) is 32.6 Å². The van der Waals surface area contributed by atoms with Crippen molar-refractivity contribution in [3.63, 3.8) is 0 Å². The highest BCUT2D eigenvalue weighted by Crippen LogP contribution is 2.38. The number of alkyl halides is 2. The lowest BCUT2D eigenvalue weighted by molar-refractivity contribution is -0.0607. The van der Waals surface area contributed by atoms with Crippen molar-refractivity contribution in [3.8, 4) is 0 Å². The van der Waals surface area contributed by atoms with Gasteiger partial charge in [0.05, 0.1) is 10.7 Å². The topological polar surface area (TPSA) is 74.3 Å². The van der Waals surface area contributed by atoms with Crippen LogP contribution in [-0.2, 0) is 10.0 Å². The Morgan fingerprint density at radius 1 is 1.34 bits per heavy atom. The number of nitrogens with one attached hydrogen (secondary N) is 2. The summed E-state index contributed by atoms with van der Waals surface area (Å²) < 4.78 is 69.3. The summed E-state index contributed by atoms with van der Waals surface area (Å²) in [6.07, 6.45) is 0.953. The van der Waals surface area contributed by atoms with Crippen LogP contribution in [-0.4, -0.2) is 50.4 Å². The molecule has 1 heterocycles. The van der Waals surface area contributed by atoms with Crippen LogP contribution < -0.4 is 10.0 Å². The number of hydrogen-bond donors (Lipinski definition) is 2. The van der Waals surface area contributed by atoms with Crippen molar-refractivity contribution in [2.75, 3.05) is 24.1 Å². The summed E-state index contributed by atoms with van der Waals surface area (Å²) in [5, 5.41) is 4.65. The minimum Gasteiger partial charge on any atom is -0.379 e. The van der Waals surface area contributed by atoms with E-state index in [9.17, 15) is 21.6 Å². The van der Waals surface area contributed by atoms with Crippen LogP contribution >= 0.6 is 22.9 Å². The van der Waals surface area contributed by atoms with E-state index in [-0.39, 0.29) is 35.1 Å². The second-order valence-electron chi connectivity index (χ2n) is 7.09. The fourth-order valence-electron chi connectivity index (χ4n) is 3.31. The number of thiazole rings is 1. The fourth-order valence-corrected chi connectivity index (χ4v) is 5.47. The van der Waals surface area contributed by atoms with Crippen LogP contribution in [0.5, 0.6) is 0 Å². The van der Waals surface area contributed by atoms with E-state index >= 15 is 0 Å². The molecule has 0 saturated heterocycles. The Morgan fingerprint density at radius 3 is 2.69 bits per heavy atom. The van der Waals surface area contributed by atoms with Crippen LogP contribution in [0.3, 0.4) is 0 Å². The molecular weight excluding hydrogens is 449 g/mol. The Balaban J connectivity index is 1.84. The SMILES string of the molecule is CN(C)[C@@H]1CC(F)(F)CC[C@H]1Nc1cc(F)c(S(=O)(=O)Nc2nccs2)cc1Cl. The van der Waals surface area contributed by atoms with Crippen molar-refractivity contribution in [1.82, 2.24) is 9.88 Å². The van der Waals surface area contributed by atoms with Gasteiger partial charge in [-0.1, -0.05) is 11.6 Å². The Kier molecular flexibility index (Phi) is 6.32. The normalized spacial score (nSPS) is 21.9. The van der Waals surface area contributed by atoms with Crippen LogP contribution in [0.15, 0.2) is 28.6 Å². The number of aromatic nitrogens is 1. The van der Waals surface area contributed by atoms with Crippen LogP contribution in [0.4, 0.5) is 24.0 Å². The molecule has 2 aromatic rings. The van der Waals surface area contributed by atoms with Gasteiger partial charge in [-0.2, -0.15) is 0 Å². The van der Waals surface area contributed by atoms with Crippen molar-refractivity contribution < 1.29 is 21.6 Å². The molecule has 0 unspecified atom stereocenters. The Hall–Kier alpha value is -1.56. The Morgan fingerprint density at radius 2 is 2.07 bits per heavy atom. The third kappa shape index (κ3) is 5.14. The lowest BCUT2D eigenvalue weighted by Crippen LogP contribution is -2.50. The van der Waals surface area contributed by atoms with Gasteiger partial charge < -0.3 is 10.2 Å². The van der Waals surface area contributed by atoms with Crippen molar-refractivity contribution >= 4 is 43.8 Å². The first kappa shape index (κ1) is 22.1. The minimum absolute atomic E-state index is 0.0271. The second-order valence-corrected chi connectivity index (χ2v) is 10.0. The van der Waals surface area contributed by atoms with Gasteiger partial charge in [0.25, 0.3) is 10.0 Å². The maximum atomic E-state index is 14.6. The molecule has 3 rings (SSSR count). The molecule has 0 radical (unpaired) electrons. The van der Waals surface area contributed by atoms with Gasteiger partial charge in [-0.25, -0.2) is 26.6 Å². The molecule has 1 saturated carbocycles. The third-order valence-corrected chi connectivity index (χ3v) is 7.25. The van der Waals surface area contributed by atoms with E-state index in [1.165, 1.54) is 6.20 Å². The predicted molar refractivity (Wildman–Crippen MR) is 108 cm³/mol. The smallest absolute Gasteiger partial charge is 0.266 e. The highest BCUT2D eigenvalue weighted by Gasteiger charge is 2.42. The molecule has 2 atom stereocenters. The number of benzene rings is 1. The zero-order valence-corrected chi connectivity index (χ0v) is 18.0. The van der Waals surface area contributed by atoms with Crippen molar-refractivity contribution in [3.05, 3.63) is 34.5 Å². The molecule has 2 N–H and O–H groups in total. The lowest BCUT2D eigenvalue weighted by Gasteiger charge is -2.40. The van der Waals surface area contributed by atoms with Gasteiger partial charge >= 0.3 is 0 Å². The highest BCUT2D eigenvalue weighted by molar-refractivity contribution is 7.93. The quantitative estimate of drug-likeness (QED) is 0.662. The molecule has 1 aromatic carbocycles. The van der Waals surface area contributed by atoms with E-state index in [1.807, 2.05) is 0 Å². The first-order valence-corrected chi connectivity index (χ1v) is 11.4. The molecule has 0 spiro atoms. The number of sulfonamides is 1. The van der Waals surface area contributed by atoms with Gasteiger partial charge in [0.1, 0.15) is 10.7 Å². The molecule has 12 heteroatoms. The summed E-state index contributed by atoms with van der Waals surface area (Å²) in [5.41, 5.74) is 0.152. The summed E-state index contributed by atoms with van der Waals surface area (Å²) in [6, 6.07) is 1.08. The monoisotopic (exact) mass is 468 g/mol. The maximum Gasteiger partial charge on any atom is 0.266 e. The summed E-state index contributed by atoms with van der Waals surface area (Å²) in [5.74, 6) is -3.77. The molecule has 1 aliphatic rings. The Labute approximate surface area is 176 Å². The zero-order chi connectivity index (χ0) is 21.4. The van der Waals surface area contributed by atoms with E-state index < -0.39 is 38.7 Å². The second kappa shape index (κ2) is 8.29. The molecular formula is C17H20ClF3N4O2S2. The molecule has 1 fully saturated rings. The number of anilines is 2. The van der Waals surface area contributed by atoms with Gasteiger partial charge in [0.15, 0.2) is 5.13 Å². The van der Waals surface area contributed by atoms with E-state index in [4.69, 9.17) is 11.6 Å². The summed E-state index contributed by atoms with van der Waals surface area (Å²) in [7, 11) is -0.828. The first-order valence-electron chi connectivity index (χ1n) is 8.71. The molecule has 29 heavy (non-hydrogen) atoms. The largest absolute Gasteiger partial charge is 0.379 e. The van der Waals surface area contributed by atoms with Crippen LogP contribution in [0.1, 0.15) is 19.3 Å². The molecule has 160 valence electrons. The van der Waals surface area contributed by atoms with Crippen molar-refractivity contribution in [2.24, 2.45) is 0 Å². The zero-order valence-electron chi connectivity index (χ0n) is 15.6. The van der Waals surface area contributed by atoms with Crippen LogP contribution in [0, 0.1) is 5.82 Å². The van der Waals surface area contributed by atoms with Gasteiger partial charge in [0.2, 0.25) is 5.92 Å². The van der Waals surface area contributed by atoms with Crippen LogP contribution in [0.2, 0.25) is 5.02 Å². The van der Waals surface area contributed by atoms with Crippen molar-refractivity contribution in [2.45, 2.75) is 42.2 Å². The molecule has 6 nitrogen and oxygen atoms in total. The van der Waals surface area contributed by atoms with E-state index in [2.05, 4.69) is 15.0 Å². The first-order chi connectivity index (χ1) is 13.5. The molecule has 1 aromatic heterocycles. The predicted octanol–water partition coefficient (Wildman–Crippen LogP) is 4.27. The van der Waals surface area contributed by atoms with Crippen molar-refractivity contribution in [1.29, 1.82) is 0 Å². The highest BCUT2D eigenvalue weighted by atomic mass is 35.5. The van der Waals surface area contributed by atoms with E-state index in [0.717, 1.165) is 23.5 Å². The number of likely N-dealkylation sites (N-methyl/N-ethyl adjacent to an activating group) is 1. The van der Waals surface area contributed by atoms with E-state index in [1.54, 1.807) is 24.4 Å². The van der Waals surface area contributed by atoms with E-state index in [0.29, 0.717) is 0 Å². The molecule has 0 amide bonds. The minimum atomic E-state index is -4.22. The van der Waals surface area contributed by atoms with Gasteiger partial charge in [-0.3, -0.25) is 4.72 Å². The summed E-state index contributed by atoms with van der Waals surface area (Å²) in [4.78, 5) is 4.87. The number of halogens is 4. The maximum absolute atomic E-state index is 14.6. The third-order valence-electron chi connectivity index (χ3n) is 4.76. The van der Waals surface area contributed by atoms with Crippen LogP contribution in [0.25, 0.3) is 0 Å². The number of hydrogen-bond acceptors (Lipinski definition) is 6. The number of nitrogens with zero attached hydrogens (tertiary/aromatic N) is 2. The molecule has 1 aliphatic carbocycles. The average molecular weight is 469 g/mol. The average Bonchev–Trinajstić information content (AvgIpc) is 3.11. The summed E-state index contributed by atoms with van der Waals surface area (Å²) in [6.45, 7) is 0. The molecule has 0 aliphatic heterocycles.